The number of benzene rings is 1. The maximum Gasteiger partial charge on any atom is 0.223 e. The van der Waals surface area contributed by atoms with Gasteiger partial charge in [0.25, 0.3) is 0 Å². The van der Waals surface area contributed by atoms with Crippen molar-refractivity contribution in [2.24, 2.45) is 4.99 Å². The SMILES string of the molecule is CCNC(=NCc1noc(C)n1)N1CCN(c2ccccc2OC)CC1.I. The first-order chi connectivity index (χ1) is 12.7. The molecule has 0 aliphatic carbocycles. The van der Waals surface area contributed by atoms with Crippen LogP contribution in [-0.2, 0) is 6.54 Å². The van der Waals surface area contributed by atoms with Crippen LogP contribution < -0.4 is 15.0 Å². The summed E-state index contributed by atoms with van der Waals surface area (Å²) < 4.78 is 10.5. The molecule has 9 heteroatoms. The van der Waals surface area contributed by atoms with Crippen LogP contribution in [0.15, 0.2) is 33.8 Å². The van der Waals surface area contributed by atoms with Crippen LogP contribution >= 0.6 is 24.0 Å². The summed E-state index contributed by atoms with van der Waals surface area (Å²) in [5, 5.41) is 7.26. The van der Waals surface area contributed by atoms with Crippen LogP contribution in [0.5, 0.6) is 5.75 Å². The van der Waals surface area contributed by atoms with E-state index in [-0.39, 0.29) is 24.0 Å². The summed E-state index contributed by atoms with van der Waals surface area (Å²) in [6.07, 6.45) is 0. The quantitative estimate of drug-likeness (QED) is 0.395. The summed E-state index contributed by atoms with van der Waals surface area (Å²) in [5.41, 5.74) is 1.14. The number of nitrogens with zero attached hydrogens (tertiary/aromatic N) is 5. The third-order valence-corrected chi connectivity index (χ3v) is 4.28. The van der Waals surface area contributed by atoms with E-state index in [9.17, 15) is 0 Å². The van der Waals surface area contributed by atoms with E-state index in [1.54, 1.807) is 14.0 Å². The van der Waals surface area contributed by atoms with Crippen molar-refractivity contribution in [1.82, 2.24) is 20.4 Å². The van der Waals surface area contributed by atoms with Crippen LogP contribution in [0.2, 0.25) is 0 Å². The lowest BCUT2D eigenvalue weighted by Gasteiger charge is -2.38. The van der Waals surface area contributed by atoms with Crippen molar-refractivity contribution in [1.29, 1.82) is 0 Å². The van der Waals surface area contributed by atoms with Crippen LogP contribution in [0.1, 0.15) is 18.6 Å². The van der Waals surface area contributed by atoms with Gasteiger partial charge in [0, 0.05) is 39.6 Å². The molecule has 0 radical (unpaired) electrons. The van der Waals surface area contributed by atoms with Crippen molar-refractivity contribution < 1.29 is 9.26 Å². The topological polar surface area (TPSA) is 79.0 Å². The number of halogens is 1. The molecule has 0 saturated carbocycles. The largest absolute Gasteiger partial charge is 0.495 e. The number of aryl methyl sites for hydroxylation is 1. The van der Waals surface area contributed by atoms with Crippen molar-refractivity contribution in [3.63, 3.8) is 0 Å². The molecule has 1 fully saturated rings. The first-order valence-electron chi connectivity index (χ1n) is 8.91. The number of piperazine rings is 1. The number of hydrogen-bond donors (Lipinski definition) is 1. The molecule has 148 valence electrons. The van der Waals surface area contributed by atoms with Gasteiger partial charge in [0.15, 0.2) is 11.8 Å². The number of methoxy groups -OCH3 is 1. The average molecular weight is 486 g/mol. The van der Waals surface area contributed by atoms with E-state index in [1.807, 2.05) is 18.2 Å². The fourth-order valence-corrected chi connectivity index (χ4v) is 3.03. The fourth-order valence-electron chi connectivity index (χ4n) is 3.03. The summed E-state index contributed by atoms with van der Waals surface area (Å²) in [6.45, 7) is 8.66. The molecule has 8 nitrogen and oxygen atoms in total. The van der Waals surface area contributed by atoms with Gasteiger partial charge in [-0.3, -0.25) is 0 Å². The molecule has 0 spiro atoms. The first-order valence-corrected chi connectivity index (χ1v) is 8.91. The predicted molar refractivity (Wildman–Crippen MR) is 116 cm³/mol. The highest BCUT2D eigenvalue weighted by atomic mass is 127. The Morgan fingerprint density at radius 1 is 1.26 bits per heavy atom. The molecule has 27 heavy (non-hydrogen) atoms. The van der Waals surface area contributed by atoms with Crippen LogP contribution in [0.3, 0.4) is 0 Å². The summed E-state index contributed by atoms with van der Waals surface area (Å²) in [7, 11) is 1.71. The number of guanidine groups is 1. The highest BCUT2D eigenvalue weighted by molar-refractivity contribution is 14.0. The number of nitrogens with one attached hydrogen (secondary N) is 1. The maximum absolute atomic E-state index is 5.49. The summed E-state index contributed by atoms with van der Waals surface area (Å²) in [4.78, 5) is 13.5. The van der Waals surface area contributed by atoms with Gasteiger partial charge in [-0.25, -0.2) is 4.99 Å². The minimum Gasteiger partial charge on any atom is -0.495 e. The second-order valence-corrected chi connectivity index (χ2v) is 6.05. The van der Waals surface area contributed by atoms with E-state index in [1.165, 1.54) is 0 Å². The average Bonchev–Trinajstić information content (AvgIpc) is 3.10. The number of aliphatic imine (C=N–C) groups is 1. The summed E-state index contributed by atoms with van der Waals surface area (Å²) >= 11 is 0. The standard InChI is InChI=1S/C18H26N6O2.HI/c1-4-19-18(20-13-17-21-14(2)26-22-17)24-11-9-23(10-12-24)15-7-5-6-8-16(15)25-3;/h5-8H,4,9-13H2,1-3H3,(H,19,20);1H. The molecule has 1 N–H and O–H groups in total. The molecule has 0 unspecified atom stereocenters. The second-order valence-electron chi connectivity index (χ2n) is 6.05. The van der Waals surface area contributed by atoms with E-state index >= 15 is 0 Å². The lowest BCUT2D eigenvalue weighted by atomic mass is 10.2. The van der Waals surface area contributed by atoms with Gasteiger partial charge in [0.05, 0.1) is 12.8 Å². The maximum atomic E-state index is 5.49. The van der Waals surface area contributed by atoms with Gasteiger partial charge in [-0.05, 0) is 19.1 Å². The molecule has 0 atom stereocenters. The Bertz CT molecular complexity index is 743. The van der Waals surface area contributed by atoms with Gasteiger partial charge < -0.3 is 24.4 Å². The molecule has 1 aromatic heterocycles. The van der Waals surface area contributed by atoms with E-state index in [2.05, 4.69) is 43.2 Å². The Morgan fingerprint density at radius 2 is 2.00 bits per heavy atom. The van der Waals surface area contributed by atoms with Crippen molar-refractivity contribution in [2.45, 2.75) is 20.4 Å². The fraction of sp³-hybridized carbons (Fsp3) is 0.500. The number of anilines is 1. The van der Waals surface area contributed by atoms with Crippen LogP contribution in [0, 0.1) is 6.92 Å². The smallest absolute Gasteiger partial charge is 0.223 e. The minimum atomic E-state index is 0. The zero-order chi connectivity index (χ0) is 18.4. The zero-order valence-corrected chi connectivity index (χ0v) is 18.3. The molecule has 3 rings (SSSR count). The van der Waals surface area contributed by atoms with E-state index in [0.29, 0.717) is 18.3 Å². The molecule has 1 aliphatic rings. The van der Waals surface area contributed by atoms with Crippen molar-refractivity contribution >= 4 is 35.6 Å². The van der Waals surface area contributed by atoms with Crippen LogP contribution in [0.4, 0.5) is 5.69 Å². The summed E-state index contributed by atoms with van der Waals surface area (Å²) in [5.74, 6) is 2.96. The van der Waals surface area contributed by atoms with Crippen molar-refractivity contribution in [3.8, 4) is 5.75 Å². The second kappa shape index (κ2) is 10.3. The van der Waals surface area contributed by atoms with E-state index in [0.717, 1.165) is 50.1 Å². The Kier molecular flexibility index (Phi) is 8.14. The molecule has 0 amide bonds. The Hall–Kier alpha value is -2.04. The highest BCUT2D eigenvalue weighted by Crippen LogP contribution is 2.28. The van der Waals surface area contributed by atoms with Crippen molar-refractivity contribution in [2.75, 3.05) is 44.7 Å². The zero-order valence-electron chi connectivity index (χ0n) is 16.0. The number of ether oxygens (including phenoxy) is 1. The Labute approximate surface area is 177 Å². The van der Waals surface area contributed by atoms with Gasteiger partial charge in [0.1, 0.15) is 12.3 Å². The molecule has 1 saturated heterocycles. The van der Waals surface area contributed by atoms with Gasteiger partial charge >= 0.3 is 0 Å². The molecule has 2 aromatic rings. The Balaban J connectivity index is 0.00000261. The minimum absolute atomic E-state index is 0. The molecular weight excluding hydrogens is 459 g/mol. The molecule has 1 aliphatic heterocycles. The lowest BCUT2D eigenvalue weighted by molar-refractivity contribution is 0.366. The third kappa shape index (κ3) is 5.47. The van der Waals surface area contributed by atoms with Crippen LogP contribution in [-0.4, -0.2) is 60.8 Å². The van der Waals surface area contributed by atoms with Crippen LogP contribution in [0.25, 0.3) is 0 Å². The van der Waals surface area contributed by atoms with Crippen molar-refractivity contribution in [3.05, 3.63) is 36.0 Å². The van der Waals surface area contributed by atoms with Gasteiger partial charge in [-0.2, -0.15) is 4.98 Å². The highest BCUT2D eigenvalue weighted by Gasteiger charge is 2.21. The van der Waals surface area contributed by atoms with Gasteiger partial charge in [-0.15, -0.1) is 24.0 Å². The molecule has 0 bridgehead atoms. The number of aromatic nitrogens is 2. The van der Waals surface area contributed by atoms with Gasteiger partial charge in [0.2, 0.25) is 5.89 Å². The van der Waals surface area contributed by atoms with E-state index in [4.69, 9.17) is 9.26 Å². The predicted octanol–water partition coefficient (Wildman–Crippen LogP) is 2.29. The van der Waals surface area contributed by atoms with E-state index < -0.39 is 0 Å². The number of hydrogen-bond acceptors (Lipinski definition) is 6. The third-order valence-electron chi connectivity index (χ3n) is 4.28. The monoisotopic (exact) mass is 486 g/mol. The lowest BCUT2D eigenvalue weighted by Crippen LogP contribution is -2.52. The number of rotatable bonds is 5. The molecule has 1 aromatic carbocycles. The van der Waals surface area contributed by atoms with Gasteiger partial charge in [-0.1, -0.05) is 17.3 Å². The molecule has 2 heterocycles. The first kappa shape index (κ1) is 21.3. The normalized spacial score (nSPS) is 14.7. The summed E-state index contributed by atoms with van der Waals surface area (Å²) in [6, 6.07) is 8.14. The molecular formula is C18H27IN6O2. The Morgan fingerprint density at radius 3 is 2.63 bits per heavy atom. The number of para-hydroxylation sites is 2.